The molecule has 0 bridgehead atoms. The number of benzene rings is 2. The normalized spacial score (nSPS) is 17.8. The topological polar surface area (TPSA) is 56.1 Å². The van der Waals surface area contributed by atoms with Gasteiger partial charge >= 0.3 is 0 Å². The Kier molecular flexibility index (Phi) is 6.24. The van der Waals surface area contributed by atoms with Crippen molar-refractivity contribution in [1.82, 2.24) is 0 Å². The Hall–Kier alpha value is -2.77. The molecule has 5 heteroatoms. The molecule has 1 aliphatic heterocycles. The molecule has 0 aliphatic carbocycles. The molecule has 1 N–H and O–H groups in total. The van der Waals surface area contributed by atoms with E-state index in [0.717, 1.165) is 24.2 Å². The first kappa shape index (κ1) is 21.9. The number of halogens is 1. The van der Waals surface area contributed by atoms with E-state index in [0.29, 0.717) is 22.2 Å². The molecule has 1 atom stereocenters. The molecule has 2 aromatic rings. The highest BCUT2D eigenvalue weighted by atomic mass is 35.5. The molecule has 30 heavy (non-hydrogen) atoms. The second-order valence-electron chi connectivity index (χ2n) is 8.58. The van der Waals surface area contributed by atoms with E-state index in [1.54, 1.807) is 6.08 Å². The van der Waals surface area contributed by atoms with Gasteiger partial charge in [-0.2, -0.15) is 5.26 Å². The molecule has 1 heterocycles. The molecule has 0 fully saturated rings. The smallest absolute Gasteiger partial charge is 0.266 e. The number of anilines is 2. The van der Waals surface area contributed by atoms with E-state index in [2.05, 4.69) is 37.9 Å². The number of aryl methyl sites for hydroxylation is 1. The first-order valence-electron chi connectivity index (χ1n) is 10.3. The first-order valence-corrected chi connectivity index (χ1v) is 10.6. The molecular formula is C25H28ClN3O. The third kappa shape index (κ3) is 4.37. The van der Waals surface area contributed by atoms with Gasteiger partial charge in [0.05, 0.1) is 0 Å². The van der Waals surface area contributed by atoms with Crippen LogP contribution in [0.3, 0.4) is 0 Å². The molecule has 0 radical (unpaired) electrons. The minimum Gasteiger partial charge on any atom is -0.366 e. The average molecular weight is 422 g/mol. The van der Waals surface area contributed by atoms with Crippen molar-refractivity contribution < 1.29 is 4.79 Å². The Morgan fingerprint density at radius 2 is 2.00 bits per heavy atom. The second kappa shape index (κ2) is 8.53. The quantitative estimate of drug-likeness (QED) is 0.465. The molecule has 1 amide bonds. The van der Waals surface area contributed by atoms with Gasteiger partial charge in [-0.3, -0.25) is 4.79 Å². The number of fused-ring (bicyclic) bond motifs is 1. The third-order valence-corrected chi connectivity index (χ3v) is 6.12. The monoisotopic (exact) mass is 421 g/mol. The fourth-order valence-electron chi connectivity index (χ4n) is 4.37. The van der Waals surface area contributed by atoms with E-state index in [1.165, 1.54) is 5.56 Å². The fraction of sp³-hybridized carbons (Fsp3) is 0.360. The Morgan fingerprint density at radius 3 is 2.60 bits per heavy atom. The molecule has 3 rings (SSSR count). The van der Waals surface area contributed by atoms with Gasteiger partial charge in [0.25, 0.3) is 5.91 Å². The Bertz CT molecular complexity index is 1030. The maximum absolute atomic E-state index is 12.6. The van der Waals surface area contributed by atoms with Crippen LogP contribution in [0.15, 0.2) is 42.0 Å². The summed E-state index contributed by atoms with van der Waals surface area (Å²) < 4.78 is 0. The van der Waals surface area contributed by atoms with Gasteiger partial charge in [0, 0.05) is 28.5 Å². The summed E-state index contributed by atoms with van der Waals surface area (Å²) in [6, 6.07) is 13.5. The van der Waals surface area contributed by atoms with Gasteiger partial charge in [0.15, 0.2) is 0 Å². The molecule has 0 aromatic heterocycles. The minimum absolute atomic E-state index is 0.0218. The summed E-state index contributed by atoms with van der Waals surface area (Å²) in [4.78, 5) is 15.0. The summed E-state index contributed by atoms with van der Waals surface area (Å²) >= 11 is 6.60. The lowest BCUT2D eigenvalue weighted by atomic mass is 9.79. The van der Waals surface area contributed by atoms with Crippen LogP contribution in [0.4, 0.5) is 11.4 Å². The predicted molar refractivity (Wildman–Crippen MR) is 125 cm³/mol. The second-order valence-corrected chi connectivity index (χ2v) is 8.99. The number of nitriles is 1. The van der Waals surface area contributed by atoms with Crippen molar-refractivity contribution in [3.63, 3.8) is 0 Å². The number of hydrogen-bond donors (Lipinski definition) is 1. The van der Waals surface area contributed by atoms with Crippen LogP contribution < -0.4 is 10.2 Å². The molecule has 1 aliphatic rings. The van der Waals surface area contributed by atoms with Crippen LogP contribution in [0, 0.1) is 18.3 Å². The van der Waals surface area contributed by atoms with Crippen molar-refractivity contribution in [3.05, 3.63) is 63.7 Å². The van der Waals surface area contributed by atoms with Crippen molar-refractivity contribution in [2.75, 3.05) is 16.8 Å². The lowest BCUT2D eigenvalue weighted by molar-refractivity contribution is -0.112. The predicted octanol–water partition coefficient (Wildman–Crippen LogP) is 6.31. The van der Waals surface area contributed by atoms with Gasteiger partial charge < -0.3 is 10.2 Å². The van der Waals surface area contributed by atoms with Gasteiger partial charge in [0.1, 0.15) is 11.6 Å². The lowest BCUT2D eigenvalue weighted by Gasteiger charge is -2.47. The number of nitrogens with zero attached hydrogens (tertiary/aromatic N) is 2. The van der Waals surface area contributed by atoms with E-state index in [4.69, 9.17) is 11.6 Å². The standard InChI is InChI=1S/C25H28ClN3O/c1-6-29-23-13-22(26)18(12-21(23)17(3)14-25(29,4)5)11-19(15-27)24(30)28-20-9-7-16(2)8-10-20/h7-13,17H,6,14H2,1-5H3,(H,28,30)/b19-11+. The van der Waals surface area contributed by atoms with E-state index in [-0.39, 0.29) is 11.1 Å². The molecule has 1 unspecified atom stereocenters. The van der Waals surface area contributed by atoms with Crippen molar-refractivity contribution in [2.24, 2.45) is 0 Å². The largest absolute Gasteiger partial charge is 0.366 e. The zero-order chi connectivity index (χ0) is 22.1. The van der Waals surface area contributed by atoms with Gasteiger partial charge in [-0.15, -0.1) is 0 Å². The van der Waals surface area contributed by atoms with Gasteiger partial charge in [0.2, 0.25) is 0 Å². The fourth-order valence-corrected chi connectivity index (χ4v) is 4.58. The number of nitrogens with one attached hydrogen (secondary N) is 1. The zero-order valence-electron chi connectivity index (χ0n) is 18.2. The molecule has 0 saturated carbocycles. The number of carbonyl (C=O) groups excluding carboxylic acids is 1. The van der Waals surface area contributed by atoms with Gasteiger partial charge in [-0.25, -0.2) is 0 Å². The molecule has 0 saturated heterocycles. The van der Waals surface area contributed by atoms with E-state index in [9.17, 15) is 10.1 Å². The highest BCUT2D eigenvalue weighted by Crippen LogP contribution is 2.45. The van der Waals surface area contributed by atoms with Crippen molar-refractivity contribution in [2.45, 2.75) is 52.5 Å². The minimum atomic E-state index is -0.445. The average Bonchev–Trinajstić information content (AvgIpc) is 2.68. The zero-order valence-corrected chi connectivity index (χ0v) is 19.0. The Balaban J connectivity index is 1.96. The van der Waals surface area contributed by atoms with Crippen molar-refractivity contribution >= 4 is 35.0 Å². The van der Waals surface area contributed by atoms with E-state index < -0.39 is 5.91 Å². The summed E-state index contributed by atoms with van der Waals surface area (Å²) in [5.74, 6) is -0.0892. The highest BCUT2D eigenvalue weighted by Gasteiger charge is 2.35. The Labute approximate surface area is 184 Å². The molecule has 2 aromatic carbocycles. The maximum atomic E-state index is 12.6. The molecule has 4 nitrogen and oxygen atoms in total. The third-order valence-electron chi connectivity index (χ3n) is 5.79. The SMILES string of the molecule is CCN1c2cc(Cl)c(/C=C(\C#N)C(=O)Nc3ccc(C)cc3)cc2C(C)CC1(C)C. The van der Waals surface area contributed by atoms with Gasteiger partial charge in [-0.05, 0) is 81.5 Å². The van der Waals surface area contributed by atoms with E-state index in [1.807, 2.05) is 49.4 Å². The Morgan fingerprint density at radius 1 is 1.33 bits per heavy atom. The number of rotatable bonds is 4. The number of amides is 1. The summed E-state index contributed by atoms with van der Waals surface area (Å²) in [7, 11) is 0. The van der Waals surface area contributed by atoms with E-state index >= 15 is 0 Å². The summed E-state index contributed by atoms with van der Waals surface area (Å²) in [5.41, 5.74) is 4.84. The van der Waals surface area contributed by atoms with Crippen LogP contribution in [-0.2, 0) is 4.79 Å². The summed E-state index contributed by atoms with van der Waals surface area (Å²) in [6.07, 6.45) is 2.60. The van der Waals surface area contributed by atoms with Gasteiger partial charge in [-0.1, -0.05) is 36.2 Å². The molecular weight excluding hydrogens is 394 g/mol. The first-order chi connectivity index (χ1) is 14.2. The molecule has 156 valence electrons. The summed E-state index contributed by atoms with van der Waals surface area (Å²) in [6.45, 7) is 11.7. The highest BCUT2D eigenvalue weighted by molar-refractivity contribution is 6.32. The van der Waals surface area contributed by atoms with Crippen LogP contribution >= 0.6 is 11.6 Å². The summed E-state index contributed by atoms with van der Waals surface area (Å²) in [5, 5.41) is 12.9. The van der Waals surface area contributed by atoms with Crippen LogP contribution in [0.2, 0.25) is 5.02 Å². The maximum Gasteiger partial charge on any atom is 0.266 e. The lowest BCUT2D eigenvalue weighted by Crippen LogP contribution is -2.48. The molecule has 0 spiro atoms. The van der Waals surface area contributed by atoms with Crippen LogP contribution in [0.25, 0.3) is 6.08 Å². The van der Waals surface area contributed by atoms with Crippen LogP contribution in [-0.4, -0.2) is 18.0 Å². The van der Waals surface area contributed by atoms with Crippen LogP contribution in [0.5, 0.6) is 0 Å². The number of carbonyl (C=O) groups is 1. The number of hydrogen-bond acceptors (Lipinski definition) is 3. The van der Waals surface area contributed by atoms with Crippen molar-refractivity contribution in [1.29, 1.82) is 5.26 Å². The van der Waals surface area contributed by atoms with Crippen LogP contribution in [0.1, 0.15) is 56.7 Å². The van der Waals surface area contributed by atoms with Crippen molar-refractivity contribution in [3.8, 4) is 6.07 Å².